The summed E-state index contributed by atoms with van der Waals surface area (Å²) in [5.74, 6) is 0.347. The van der Waals surface area contributed by atoms with E-state index in [0.717, 1.165) is 38.6 Å². The van der Waals surface area contributed by atoms with Crippen LogP contribution in [0.2, 0.25) is 5.02 Å². The maximum atomic E-state index is 12.3. The highest BCUT2D eigenvalue weighted by molar-refractivity contribution is 7.15. The van der Waals surface area contributed by atoms with Gasteiger partial charge in [0.2, 0.25) is 0 Å². The molecule has 4 aromatic rings. The molecule has 0 unspecified atom stereocenters. The van der Waals surface area contributed by atoms with E-state index in [1.807, 2.05) is 30.6 Å². The van der Waals surface area contributed by atoms with Crippen LogP contribution in [-0.2, 0) is 29.1 Å². The summed E-state index contributed by atoms with van der Waals surface area (Å²) >= 11 is 7.45. The van der Waals surface area contributed by atoms with Gasteiger partial charge >= 0.3 is 5.97 Å². The van der Waals surface area contributed by atoms with Gasteiger partial charge in [0, 0.05) is 22.6 Å². The number of aryl methyl sites for hydroxylation is 1. The second kappa shape index (κ2) is 8.85. The molecule has 0 saturated heterocycles. The number of hydrogen-bond acceptors (Lipinski definition) is 6. The van der Waals surface area contributed by atoms with Crippen molar-refractivity contribution in [2.45, 2.75) is 26.5 Å². The van der Waals surface area contributed by atoms with Crippen molar-refractivity contribution in [1.29, 1.82) is 0 Å². The Morgan fingerprint density at radius 1 is 1.20 bits per heavy atom. The molecule has 0 aliphatic heterocycles. The van der Waals surface area contributed by atoms with Crippen molar-refractivity contribution in [2.75, 3.05) is 7.11 Å². The topological polar surface area (TPSA) is 66.2 Å². The smallest absolute Gasteiger partial charge is 0.311 e. The summed E-state index contributed by atoms with van der Waals surface area (Å²) in [6, 6.07) is 11.3. The zero-order chi connectivity index (χ0) is 21.1. The molecule has 2 aromatic heterocycles. The molecule has 0 bridgehead atoms. The van der Waals surface area contributed by atoms with E-state index in [1.54, 1.807) is 25.4 Å². The molecule has 0 atom stereocenters. The number of halogens is 1. The molecule has 4 rings (SSSR count). The summed E-state index contributed by atoms with van der Waals surface area (Å²) in [6.07, 6.45) is 3.68. The molecule has 0 N–H and O–H groups in total. The van der Waals surface area contributed by atoms with Crippen molar-refractivity contribution in [1.82, 2.24) is 14.5 Å². The number of ether oxygens (including phenoxy) is 2. The first-order valence-corrected chi connectivity index (χ1v) is 10.6. The Labute approximate surface area is 183 Å². The van der Waals surface area contributed by atoms with E-state index in [9.17, 15) is 4.79 Å². The maximum Gasteiger partial charge on any atom is 0.311 e. The van der Waals surface area contributed by atoms with Crippen molar-refractivity contribution >= 4 is 39.9 Å². The van der Waals surface area contributed by atoms with Crippen LogP contribution < -0.4 is 4.74 Å². The van der Waals surface area contributed by atoms with E-state index >= 15 is 0 Å². The molecular weight excluding hydrogens is 422 g/mol. The second-order valence-corrected chi connectivity index (χ2v) is 8.22. The number of hydrogen-bond donors (Lipinski definition) is 0. The molecule has 6 nitrogen and oxygen atoms in total. The molecule has 0 radical (unpaired) electrons. The zero-order valence-electron chi connectivity index (χ0n) is 16.6. The monoisotopic (exact) mass is 441 g/mol. The summed E-state index contributed by atoms with van der Waals surface area (Å²) < 4.78 is 12.9. The number of fused-ring (bicyclic) bond motifs is 1. The van der Waals surface area contributed by atoms with Crippen LogP contribution >= 0.6 is 22.9 Å². The van der Waals surface area contributed by atoms with Crippen LogP contribution in [0.4, 0.5) is 0 Å². The van der Waals surface area contributed by atoms with E-state index in [0.29, 0.717) is 10.8 Å². The number of carbonyl (C=O) groups is 1. The Hall–Kier alpha value is -2.90. The fraction of sp³-hybridized carbons (Fsp3) is 0.227. The van der Waals surface area contributed by atoms with Gasteiger partial charge in [-0.25, -0.2) is 9.97 Å². The van der Waals surface area contributed by atoms with Crippen molar-refractivity contribution < 1.29 is 14.3 Å². The van der Waals surface area contributed by atoms with E-state index in [4.69, 9.17) is 21.1 Å². The molecule has 2 aromatic carbocycles. The zero-order valence-corrected chi connectivity index (χ0v) is 18.2. The Morgan fingerprint density at radius 2 is 2.07 bits per heavy atom. The standard InChI is InChI=1S/C22H20ClN3O3S/c1-3-26-13-25-18-8-14(4-7-19(18)26)12-29-21(27)10-16-11-24-22(30-16)17-6-5-15(23)9-20(17)28-2/h4-9,11,13H,3,10,12H2,1-2H3. The number of benzene rings is 2. The minimum atomic E-state index is -0.299. The molecule has 0 saturated carbocycles. The van der Waals surface area contributed by atoms with Crippen LogP contribution in [0, 0.1) is 0 Å². The molecule has 0 amide bonds. The van der Waals surface area contributed by atoms with Crippen molar-refractivity contribution in [3.05, 3.63) is 64.4 Å². The Kier molecular flexibility index (Phi) is 6.01. The highest BCUT2D eigenvalue weighted by Gasteiger charge is 2.14. The molecule has 154 valence electrons. The largest absolute Gasteiger partial charge is 0.496 e. The lowest BCUT2D eigenvalue weighted by atomic mass is 10.2. The summed E-state index contributed by atoms with van der Waals surface area (Å²) in [6.45, 7) is 3.15. The first-order valence-electron chi connectivity index (χ1n) is 9.45. The number of methoxy groups -OCH3 is 1. The van der Waals surface area contributed by atoms with E-state index in [2.05, 4.69) is 21.5 Å². The van der Waals surface area contributed by atoms with Crippen LogP contribution in [-0.4, -0.2) is 27.6 Å². The van der Waals surface area contributed by atoms with Gasteiger partial charge in [-0.15, -0.1) is 11.3 Å². The molecule has 0 aliphatic carbocycles. The van der Waals surface area contributed by atoms with E-state index in [-0.39, 0.29) is 19.0 Å². The molecule has 8 heteroatoms. The Bertz CT molecular complexity index is 1200. The van der Waals surface area contributed by atoms with Gasteiger partial charge in [0.1, 0.15) is 17.4 Å². The third-order valence-corrected chi connectivity index (χ3v) is 5.96. The maximum absolute atomic E-state index is 12.3. The van der Waals surface area contributed by atoms with Gasteiger partial charge in [0.05, 0.1) is 36.5 Å². The van der Waals surface area contributed by atoms with Crippen LogP contribution in [0.3, 0.4) is 0 Å². The average molecular weight is 442 g/mol. The average Bonchev–Trinajstić information content (AvgIpc) is 3.38. The minimum Gasteiger partial charge on any atom is -0.496 e. The summed E-state index contributed by atoms with van der Waals surface area (Å²) in [7, 11) is 1.59. The molecule has 2 heterocycles. The molecule has 0 spiro atoms. The quantitative estimate of drug-likeness (QED) is 0.372. The van der Waals surface area contributed by atoms with Gasteiger partial charge < -0.3 is 14.0 Å². The lowest BCUT2D eigenvalue weighted by Crippen LogP contribution is -2.07. The van der Waals surface area contributed by atoms with Gasteiger partial charge in [-0.2, -0.15) is 0 Å². The normalized spacial score (nSPS) is 11.0. The lowest BCUT2D eigenvalue weighted by molar-refractivity contribution is -0.144. The number of nitrogens with zero attached hydrogens (tertiary/aromatic N) is 3. The third-order valence-electron chi connectivity index (χ3n) is 4.69. The van der Waals surface area contributed by atoms with Gasteiger partial charge in [-0.05, 0) is 42.8 Å². The highest BCUT2D eigenvalue weighted by Crippen LogP contribution is 2.35. The number of aromatic nitrogens is 3. The molecule has 0 aliphatic rings. The van der Waals surface area contributed by atoms with Gasteiger partial charge in [-0.3, -0.25) is 4.79 Å². The highest BCUT2D eigenvalue weighted by atomic mass is 35.5. The van der Waals surface area contributed by atoms with Gasteiger partial charge in [-0.1, -0.05) is 17.7 Å². The summed E-state index contributed by atoms with van der Waals surface area (Å²) in [5.41, 5.74) is 3.72. The number of esters is 1. The van der Waals surface area contributed by atoms with Crippen LogP contribution in [0.1, 0.15) is 17.4 Å². The first-order chi connectivity index (χ1) is 14.6. The number of thiazole rings is 1. The fourth-order valence-corrected chi connectivity index (χ4v) is 4.25. The van der Waals surface area contributed by atoms with Crippen molar-refractivity contribution in [2.24, 2.45) is 0 Å². The number of rotatable bonds is 7. The third kappa shape index (κ3) is 4.32. The second-order valence-electron chi connectivity index (χ2n) is 6.67. The lowest BCUT2D eigenvalue weighted by Gasteiger charge is -2.06. The van der Waals surface area contributed by atoms with Crippen LogP contribution in [0.5, 0.6) is 5.75 Å². The Morgan fingerprint density at radius 3 is 2.87 bits per heavy atom. The van der Waals surface area contributed by atoms with Crippen LogP contribution in [0.15, 0.2) is 48.9 Å². The number of carbonyl (C=O) groups excluding carboxylic acids is 1. The summed E-state index contributed by atoms with van der Waals surface area (Å²) in [4.78, 5) is 21.9. The predicted octanol–water partition coefficient (Wildman–Crippen LogP) is 5.13. The predicted molar refractivity (Wildman–Crippen MR) is 118 cm³/mol. The van der Waals surface area contributed by atoms with Crippen molar-refractivity contribution in [3.63, 3.8) is 0 Å². The van der Waals surface area contributed by atoms with Crippen molar-refractivity contribution in [3.8, 4) is 16.3 Å². The van der Waals surface area contributed by atoms with E-state index in [1.165, 1.54) is 11.3 Å². The SMILES string of the molecule is CCn1cnc2cc(COC(=O)Cc3cnc(-c4ccc(Cl)cc4OC)s3)ccc21. The van der Waals surface area contributed by atoms with Gasteiger partial charge in [0.25, 0.3) is 0 Å². The molecule has 30 heavy (non-hydrogen) atoms. The minimum absolute atomic E-state index is 0.167. The van der Waals surface area contributed by atoms with Gasteiger partial charge in [0.15, 0.2) is 0 Å². The first kappa shape index (κ1) is 20.4. The van der Waals surface area contributed by atoms with Crippen LogP contribution in [0.25, 0.3) is 21.6 Å². The Balaban J connectivity index is 1.39. The fourth-order valence-electron chi connectivity index (χ4n) is 3.16. The molecule has 0 fully saturated rings. The molecular formula is C22H20ClN3O3S. The summed E-state index contributed by atoms with van der Waals surface area (Å²) in [5, 5.41) is 1.36. The van der Waals surface area contributed by atoms with E-state index < -0.39 is 0 Å². The number of imidazole rings is 1.